The quantitative estimate of drug-likeness (QED) is 0.814. The summed E-state index contributed by atoms with van der Waals surface area (Å²) in [4.78, 5) is 11.7. The van der Waals surface area contributed by atoms with Gasteiger partial charge in [0, 0.05) is 18.7 Å². The summed E-state index contributed by atoms with van der Waals surface area (Å²) in [5.74, 6) is 0.902. The lowest BCUT2D eigenvalue weighted by Gasteiger charge is -2.13. The molecule has 0 saturated heterocycles. The predicted molar refractivity (Wildman–Crippen MR) is 74.3 cm³/mol. The van der Waals surface area contributed by atoms with Gasteiger partial charge in [0.25, 0.3) is 0 Å². The highest BCUT2D eigenvalue weighted by Crippen LogP contribution is 2.26. The molecule has 0 saturated carbocycles. The molecule has 0 fully saturated rings. The van der Waals surface area contributed by atoms with E-state index in [0.29, 0.717) is 19.6 Å². The van der Waals surface area contributed by atoms with Crippen LogP contribution in [0.3, 0.4) is 0 Å². The van der Waals surface area contributed by atoms with Crippen LogP contribution in [0.4, 0.5) is 5.69 Å². The van der Waals surface area contributed by atoms with Gasteiger partial charge in [0.2, 0.25) is 5.91 Å². The number of rotatable bonds is 6. The van der Waals surface area contributed by atoms with Crippen LogP contribution in [0.15, 0.2) is 12.1 Å². The highest BCUT2D eigenvalue weighted by molar-refractivity contribution is 5.91. The molecule has 0 aliphatic carbocycles. The first-order valence-electron chi connectivity index (χ1n) is 6.27. The second-order valence-electron chi connectivity index (χ2n) is 4.27. The summed E-state index contributed by atoms with van der Waals surface area (Å²) in [5, 5.41) is 5.88. The summed E-state index contributed by atoms with van der Waals surface area (Å²) < 4.78 is 5.52. The summed E-state index contributed by atoms with van der Waals surface area (Å²) in [5.41, 5.74) is 2.91. The molecule has 2 N–H and O–H groups in total. The molecule has 0 atom stereocenters. The third-order valence-corrected chi connectivity index (χ3v) is 2.70. The van der Waals surface area contributed by atoms with Crippen LogP contribution in [-0.4, -0.2) is 26.1 Å². The first kappa shape index (κ1) is 14.5. The van der Waals surface area contributed by atoms with Crippen molar-refractivity contribution in [3.05, 3.63) is 23.3 Å². The fourth-order valence-electron chi connectivity index (χ4n) is 1.69. The van der Waals surface area contributed by atoms with Crippen molar-refractivity contribution in [3.8, 4) is 5.75 Å². The Morgan fingerprint density at radius 1 is 1.28 bits per heavy atom. The zero-order valence-corrected chi connectivity index (χ0v) is 11.6. The van der Waals surface area contributed by atoms with E-state index in [1.165, 1.54) is 0 Å². The Hall–Kier alpha value is -1.55. The molecule has 0 spiro atoms. The molecule has 0 bridgehead atoms. The Balaban J connectivity index is 2.78. The van der Waals surface area contributed by atoms with Crippen LogP contribution in [0.25, 0.3) is 0 Å². The van der Waals surface area contributed by atoms with Crippen molar-refractivity contribution in [2.75, 3.05) is 25.5 Å². The van der Waals surface area contributed by atoms with Crippen molar-refractivity contribution in [2.24, 2.45) is 0 Å². The molecular weight excluding hydrogens is 228 g/mol. The van der Waals surface area contributed by atoms with Crippen LogP contribution < -0.4 is 15.4 Å². The molecule has 0 aromatic heterocycles. The van der Waals surface area contributed by atoms with Crippen molar-refractivity contribution in [2.45, 2.75) is 27.2 Å². The van der Waals surface area contributed by atoms with Gasteiger partial charge in [0.15, 0.2) is 0 Å². The van der Waals surface area contributed by atoms with Gasteiger partial charge in [-0.25, -0.2) is 0 Å². The number of benzene rings is 1. The van der Waals surface area contributed by atoms with Gasteiger partial charge in [-0.3, -0.25) is 4.79 Å². The fourth-order valence-corrected chi connectivity index (χ4v) is 1.69. The third-order valence-electron chi connectivity index (χ3n) is 2.70. The number of hydrogen-bond acceptors (Lipinski definition) is 3. The van der Waals surface area contributed by atoms with Gasteiger partial charge in [-0.2, -0.15) is 0 Å². The number of carbonyl (C=O) groups is 1. The maximum Gasteiger partial charge on any atom is 0.225 e. The van der Waals surface area contributed by atoms with Crippen molar-refractivity contribution < 1.29 is 9.53 Å². The topological polar surface area (TPSA) is 50.4 Å². The first-order valence-corrected chi connectivity index (χ1v) is 6.27. The van der Waals surface area contributed by atoms with Crippen molar-refractivity contribution in [3.63, 3.8) is 0 Å². The zero-order valence-electron chi connectivity index (χ0n) is 11.6. The molecule has 0 aliphatic heterocycles. The molecule has 100 valence electrons. The van der Waals surface area contributed by atoms with Crippen LogP contribution in [-0.2, 0) is 4.79 Å². The van der Waals surface area contributed by atoms with Gasteiger partial charge < -0.3 is 15.4 Å². The minimum Gasteiger partial charge on any atom is -0.494 e. The van der Waals surface area contributed by atoms with Crippen LogP contribution in [0, 0.1) is 13.8 Å². The maximum absolute atomic E-state index is 11.7. The molecule has 1 aromatic rings. The second kappa shape index (κ2) is 7.01. The zero-order chi connectivity index (χ0) is 13.5. The summed E-state index contributed by atoms with van der Waals surface area (Å²) >= 11 is 0. The van der Waals surface area contributed by atoms with Crippen LogP contribution >= 0.6 is 0 Å². The summed E-state index contributed by atoms with van der Waals surface area (Å²) in [6, 6.07) is 3.92. The van der Waals surface area contributed by atoms with Crippen molar-refractivity contribution >= 4 is 11.6 Å². The lowest BCUT2D eigenvalue weighted by atomic mass is 10.1. The minimum absolute atomic E-state index is 0.0241. The summed E-state index contributed by atoms with van der Waals surface area (Å²) in [7, 11) is 1.83. The largest absolute Gasteiger partial charge is 0.494 e. The van der Waals surface area contributed by atoms with Crippen molar-refractivity contribution in [1.82, 2.24) is 5.32 Å². The van der Waals surface area contributed by atoms with E-state index in [0.717, 1.165) is 22.6 Å². The molecule has 4 heteroatoms. The molecular formula is C14H22N2O2. The second-order valence-corrected chi connectivity index (χ2v) is 4.27. The van der Waals surface area contributed by atoms with Gasteiger partial charge in [0.1, 0.15) is 5.75 Å². The van der Waals surface area contributed by atoms with E-state index < -0.39 is 0 Å². The van der Waals surface area contributed by atoms with E-state index in [-0.39, 0.29) is 5.91 Å². The standard InChI is InChI=1S/C14H22N2O2/c1-5-18-13-9-10(2)12(8-11(13)3)16-14(17)6-7-15-4/h8-9,15H,5-7H2,1-4H3,(H,16,17). The summed E-state index contributed by atoms with van der Waals surface area (Å²) in [6.07, 6.45) is 0.474. The molecule has 0 aliphatic rings. The van der Waals surface area contributed by atoms with E-state index in [1.54, 1.807) is 0 Å². The highest BCUT2D eigenvalue weighted by atomic mass is 16.5. The molecule has 1 aromatic carbocycles. The smallest absolute Gasteiger partial charge is 0.225 e. The Labute approximate surface area is 109 Å². The molecule has 18 heavy (non-hydrogen) atoms. The third kappa shape index (κ3) is 4.04. The van der Waals surface area contributed by atoms with Crippen LogP contribution in [0.2, 0.25) is 0 Å². The van der Waals surface area contributed by atoms with E-state index >= 15 is 0 Å². The number of carbonyl (C=O) groups excluding carboxylic acids is 1. The Morgan fingerprint density at radius 3 is 2.61 bits per heavy atom. The number of anilines is 1. The monoisotopic (exact) mass is 250 g/mol. The van der Waals surface area contributed by atoms with E-state index in [9.17, 15) is 4.79 Å². The number of nitrogens with one attached hydrogen (secondary N) is 2. The average molecular weight is 250 g/mol. The van der Waals surface area contributed by atoms with Gasteiger partial charge in [0.05, 0.1) is 6.61 Å². The first-order chi connectivity index (χ1) is 8.58. The van der Waals surface area contributed by atoms with Gasteiger partial charge >= 0.3 is 0 Å². The Kier molecular flexibility index (Phi) is 5.65. The SMILES string of the molecule is CCOc1cc(C)c(NC(=O)CCNC)cc1C. The van der Waals surface area contributed by atoms with Crippen LogP contribution in [0.1, 0.15) is 24.5 Å². The lowest BCUT2D eigenvalue weighted by Crippen LogP contribution is -2.19. The summed E-state index contributed by atoms with van der Waals surface area (Å²) in [6.45, 7) is 7.24. The average Bonchev–Trinajstić information content (AvgIpc) is 2.33. The number of amides is 1. The van der Waals surface area contributed by atoms with E-state index in [2.05, 4.69) is 10.6 Å². The maximum atomic E-state index is 11.7. The number of aryl methyl sites for hydroxylation is 2. The normalized spacial score (nSPS) is 10.2. The van der Waals surface area contributed by atoms with Crippen LogP contribution in [0.5, 0.6) is 5.75 Å². The molecule has 0 heterocycles. The predicted octanol–water partition coefficient (Wildman–Crippen LogP) is 2.25. The number of hydrogen-bond donors (Lipinski definition) is 2. The molecule has 1 amide bonds. The van der Waals surface area contributed by atoms with Crippen molar-refractivity contribution in [1.29, 1.82) is 0 Å². The molecule has 0 unspecified atom stereocenters. The van der Waals surface area contributed by atoms with Gasteiger partial charge in [-0.1, -0.05) is 0 Å². The van der Waals surface area contributed by atoms with Gasteiger partial charge in [-0.05, 0) is 51.1 Å². The van der Waals surface area contributed by atoms with Gasteiger partial charge in [-0.15, -0.1) is 0 Å². The Bertz CT molecular complexity index is 417. The fraction of sp³-hybridized carbons (Fsp3) is 0.500. The lowest BCUT2D eigenvalue weighted by molar-refractivity contribution is -0.116. The molecule has 4 nitrogen and oxygen atoms in total. The van der Waals surface area contributed by atoms with E-state index in [4.69, 9.17) is 4.74 Å². The molecule has 0 radical (unpaired) electrons. The minimum atomic E-state index is 0.0241. The Morgan fingerprint density at radius 2 is 2.00 bits per heavy atom. The molecule has 1 rings (SSSR count). The number of ether oxygens (including phenoxy) is 1. The highest BCUT2D eigenvalue weighted by Gasteiger charge is 2.08. The van der Waals surface area contributed by atoms with E-state index in [1.807, 2.05) is 40.0 Å².